The Balaban J connectivity index is 2.49. The molecule has 0 saturated heterocycles. The summed E-state index contributed by atoms with van der Waals surface area (Å²) in [5.74, 6) is 0.393. The lowest BCUT2D eigenvalue weighted by Gasteiger charge is -2.12. The van der Waals surface area contributed by atoms with Crippen molar-refractivity contribution >= 4 is 5.97 Å². The average molecular weight is 225 g/mol. The van der Waals surface area contributed by atoms with Gasteiger partial charge in [0.05, 0.1) is 19.2 Å². The Hall–Kier alpha value is -1.29. The minimum atomic E-state index is -0.363. The molecule has 90 valence electrons. The van der Waals surface area contributed by atoms with Gasteiger partial charge < -0.3 is 14.5 Å². The number of hydrogen-bond donors (Lipinski definition) is 1. The number of carbonyl (C=O) groups excluding carboxylic acids is 1. The van der Waals surface area contributed by atoms with Gasteiger partial charge in [0.2, 0.25) is 0 Å². The zero-order valence-electron chi connectivity index (χ0n) is 10.1. The summed E-state index contributed by atoms with van der Waals surface area (Å²) in [6.07, 6.45) is 3.60. The predicted molar refractivity (Wildman–Crippen MR) is 61.3 cm³/mol. The number of nitrogens with one attached hydrogen (secondary N) is 1. The molecular weight excluding hydrogens is 206 g/mol. The molecule has 4 nitrogen and oxygen atoms in total. The lowest BCUT2D eigenvalue weighted by atomic mass is 10.2. The van der Waals surface area contributed by atoms with E-state index in [0.29, 0.717) is 18.2 Å². The number of esters is 1. The Morgan fingerprint density at radius 3 is 2.75 bits per heavy atom. The number of rotatable bonds is 6. The third-order valence-corrected chi connectivity index (χ3v) is 2.63. The molecule has 0 aromatic carbocycles. The molecule has 0 aliphatic rings. The monoisotopic (exact) mass is 225 g/mol. The van der Waals surface area contributed by atoms with Crippen molar-refractivity contribution in [3.63, 3.8) is 0 Å². The molecule has 0 aliphatic carbocycles. The van der Waals surface area contributed by atoms with E-state index in [2.05, 4.69) is 23.9 Å². The van der Waals surface area contributed by atoms with Crippen molar-refractivity contribution in [2.45, 2.75) is 39.3 Å². The van der Waals surface area contributed by atoms with Crippen LogP contribution in [-0.4, -0.2) is 19.1 Å². The van der Waals surface area contributed by atoms with Crippen molar-refractivity contribution in [2.24, 2.45) is 0 Å². The number of methoxy groups -OCH3 is 1. The van der Waals surface area contributed by atoms with Gasteiger partial charge in [0.15, 0.2) is 0 Å². The summed E-state index contributed by atoms with van der Waals surface area (Å²) in [5, 5.41) is 3.36. The van der Waals surface area contributed by atoms with Crippen molar-refractivity contribution in [1.29, 1.82) is 0 Å². The second kappa shape index (κ2) is 6.33. The van der Waals surface area contributed by atoms with Gasteiger partial charge >= 0.3 is 5.97 Å². The summed E-state index contributed by atoms with van der Waals surface area (Å²) in [7, 11) is 1.36. The first-order valence-electron chi connectivity index (χ1n) is 5.60. The van der Waals surface area contributed by atoms with Crippen LogP contribution in [0.1, 0.15) is 42.8 Å². The SMILES string of the molecule is CCC(CC)NCc1cc(C(=O)OC)co1. The summed E-state index contributed by atoms with van der Waals surface area (Å²) in [4.78, 5) is 11.2. The Labute approximate surface area is 96.0 Å². The molecule has 0 aliphatic heterocycles. The molecule has 1 heterocycles. The van der Waals surface area contributed by atoms with Gasteiger partial charge in [-0.3, -0.25) is 0 Å². The molecule has 0 amide bonds. The minimum Gasteiger partial charge on any atom is -0.467 e. The highest BCUT2D eigenvalue weighted by molar-refractivity contribution is 5.88. The van der Waals surface area contributed by atoms with E-state index < -0.39 is 0 Å². The van der Waals surface area contributed by atoms with Crippen LogP contribution in [0.15, 0.2) is 16.7 Å². The summed E-state index contributed by atoms with van der Waals surface area (Å²) in [6, 6.07) is 2.20. The van der Waals surface area contributed by atoms with Gasteiger partial charge in [0.25, 0.3) is 0 Å². The first-order valence-corrected chi connectivity index (χ1v) is 5.60. The second-order valence-corrected chi connectivity index (χ2v) is 3.69. The van der Waals surface area contributed by atoms with Crippen molar-refractivity contribution in [3.8, 4) is 0 Å². The lowest BCUT2D eigenvalue weighted by Crippen LogP contribution is -2.26. The molecule has 0 fully saturated rings. The van der Waals surface area contributed by atoms with Crippen LogP contribution < -0.4 is 5.32 Å². The van der Waals surface area contributed by atoms with Crippen LogP contribution in [0.25, 0.3) is 0 Å². The van der Waals surface area contributed by atoms with Crippen molar-refractivity contribution in [1.82, 2.24) is 5.32 Å². The van der Waals surface area contributed by atoms with Gasteiger partial charge in [-0.1, -0.05) is 13.8 Å². The number of carbonyl (C=O) groups is 1. The van der Waals surface area contributed by atoms with Gasteiger partial charge in [-0.05, 0) is 18.9 Å². The first kappa shape index (κ1) is 12.8. The largest absolute Gasteiger partial charge is 0.467 e. The van der Waals surface area contributed by atoms with E-state index in [4.69, 9.17) is 4.42 Å². The van der Waals surface area contributed by atoms with Gasteiger partial charge in [-0.25, -0.2) is 4.79 Å². The van der Waals surface area contributed by atoms with Crippen LogP contribution in [0.2, 0.25) is 0 Å². The molecule has 0 radical (unpaired) electrons. The van der Waals surface area contributed by atoms with E-state index in [0.717, 1.165) is 18.6 Å². The Morgan fingerprint density at radius 2 is 2.19 bits per heavy atom. The Bertz CT molecular complexity index is 329. The van der Waals surface area contributed by atoms with Crippen LogP contribution in [0, 0.1) is 0 Å². The second-order valence-electron chi connectivity index (χ2n) is 3.69. The maximum absolute atomic E-state index is 11.2. The van der Waals surface area contributed by atoms with E-state index in [9.17, 15) is 4.79 Å². The standard InChI is InChI=1S/C12H19NO3/c1-4-10(5-2)13-7-11-6-9(8-16-11)12(14)15-3/h6,8,10,13H,4-5,7H2,1-3H3. The van der Waals surface area contributed by atoms with Crippen molar-refractivity contribution < 1.29 is 13.9 Å². The molecule has 1 rings (SSSR count). The molecule has 4 heteroatoms. The maximum Gasteiger partial charge on any atom is 0.341 e. The number of hydrogen-bond acceptors (Lipinski definition) is 4. The highest BCUT2D eigenvalue weighted by atomic mass is 16.5. The number of furan rings is 1. The topological polar surface area (TPSA) is 51.5 Å². The first-order chi connectivity index (χ1) is 7.71. The molecular formula is C12H19NO3. The molecule has 0 unspecified atom stereocenters. The quantitative estimate of drug-likeness (QED) is 0.755. The summed E-state index contributed by atoms with van der Waals surface area (Å²) in [6.45, 7) is 4.93. The third kappa shape index (κ3) is 3.38. The fourth-order valence-corrected chi connectivity index (χ4v) is 1.52. The highest BCUT2D eigenvalue weighted by Gasteiger charge is 2.10. The molecule has 0 saturated carbocycles. The van der Waals surface area contributed by atoms with Crippen molar-refractivity contribution in [2.75, 3.05) is 7.11 Å². The predicted octanol–water partition coefficient (Wildman–Crippen LogP) is 2.34. The molecule has 0 spiro atoms. The maximum atomic E-state index is 11.2. The van der Waals surface area contributed by atoms with E-state index in [1.807, 2.05) is 0 Å². The van der Waals surface area contributed by atoms with Crippen LogP contribution in [-0.2, 0) is 11.3 Å². The normalized spacial score (nSPS) is 10.8. The van der Waals surface area contributed by atoms with Crippen LogP contribution in [0.4, 0.5) is 0 Å². The van der Waals surface area contributed by atoms with E-state index in [-0.39, 0.29) is 5.97 Å². The third-order valence-electron chi connectivity index (χ3n) is 2.63. The fraction of sp³-hybridized carbons (Fsp3) is 0.583. The average Bonchev–Trinajstić information content (AvgIpc) is 2.78. The fourth-order valence-electron chi connectivity index (χ4n) is 1.52. The minimum absolute atomic E-state index is 0.363. The van der Waals surface area contributed by atoms with E-state index >= 15 is 0 Å². The molecule has 0 atom stereocenters. The number of ether oxygens (including phenoxy) is 1. The Kier molecular flexibility index (Phi) is 5.05. The molecule has 1 aromatic rings. The van der Waals surface area contributed by atoms with Crippen LogP contribution >= 0.6 is 0 Å². The van der Waals surface area contributed by atoms with E-state index in [1.165, 1.54) is 13.4 Å². The smallest absolute Gasteiger partial charge is 0.341 e. The Morgan fingerprint density at radius 1 is 1.50 bits per heavy atom. The highest BCUT2D eigenvalue weighted by Crippen LogP contribution is 2.09. The zero-order valence-corrected chi connectivity index (χ0v) is 10.1. The summed E-state index contributed by atoms with van der Waals surface area (Å²) >= 11 is 0. The molecule has 0 bridgehead atoms. The van der Waals surface area contributed by atoms with Gasteiger partial charge in [-0.15, -0.1) is 0 Å². The molecule has 1 aromatic heterocycles. The van der Waals surface area contributed by atoms with Gasteiger partial charge in [0, 0.05) is 6.04 Å². The van der Waals surface area contributed by atoms with Gasteiger partial charge in [0.1, 0.15) is 12.0 Å². The molecule has 1 N–H and O–H groups in total. The van der Waals surface area contributed by atoms with Crippen LogP contribution in [0.5, 0.6) is 0 Å². The lowest BCUT2D eigenvalue weighted by molar-refractivity contribution is 0.0600. The van der Waals surface area contributed by atoms with E-state index in [1.54, 1.807) is 6.07 Å². The summed E-state index contributed by atoms with van der Waals surface area (Å²) < 4.78 is 9.86. The zero-order chi connectivity index (χ0) is 12.0. The molecule has 16 heavy (non-hydrogen) atoms. The summed E-state index contributed by atoms with van der Waals surface area (Å²) in [5.41, 5.74) is 0.462. The van der Waals surface area contributed by atoms with Crippen molar-refractivity contribution in [3.05, 3.63) is 23.7 Å². The van der Waals surface area contributed by atoms with Gasteiger partial charge in [-0.2, -0.15) is 0 Å². The van der Waals surface area contributed by atoms with Crippen LogP contribution in [0.3, 0.4) is 0 Å².